The van der Waals surface area contributed by atoms with E-state index in [1.807, 2.05) is 16.8 Å². The van der Waals surface area contributed by atoms with Gasteiger partial charge in [-0.15, -0.1) is 0 Å². The summed E-state index contributed by atoms with van der Waals surface area (Å²) < 4.78 is 1.07. The van der Waals surface area contributed by atoms with Crippen LogP contribution in [0.2, 0.25) is 5.02 Å². The Hall–Kier alpha value is -1.82. The van der Waals surface area contributed by atoms with Crippen LogP contribution in [0.1, 0.15) is 11.1 Å². The average molecular weight is 324 g/mol. The molecule has 3 heterocycles. The fourth-order valence-corrected chi connectivity index (χ4v) is 3.65. The summed E-state index contributed by atoms with van der Waals surface area (Å²) in [6.07, 6.45) is 1.32. The van der Waals surface area contributed by atoms with Crippen molar-refractivity contribution in [3.63, 3.8) is 0 Å². The highest BCUT2D eigenvalue weighted by molar-refractivity contribution is 7.98. The van der Waals surface area contributed by atoms with Gasteiger partial charge >= 0.3 is 5.69 Å². The van der Waals surface area contributed by atoms with Crippen LogP contribution in [-0.2, 0) is 5.75 Å². The molecule has 0 spiro atoms. The first-order valence-electron chi connectivity index (χ1n) is 5.40. The Bertz CT molecular complexity index is 875. The molecule has 0 aliphatic heterocycles. The first kappa shape index (κ1) is 13.2. The van der Waals surface area contributed by atoms with Crippen LogP contribution in [0.25, 0.3) is 5.65 Å². The van der Waals surface area contributed by atoms with Gasteiger partial charge < -0.3 is 0 Å². The lowest BCUT2D eigenvalue weighted by atomic mass is 10.4. The third-order valence-electron chi connectivity index (χ3n) is 2.53. The summed E-state index contributed by atoms with van der Waals surface area (Å²) in [6.45, 7) is 0. The second-order valence-corrected chi connectivity index (χ2v) is 5.90. The summed E-state index contributed by atoms with van der Waals surface area (Å²) in [5, 5.41) is 17.7. The van der Waals surface area contributed by atoms with Crippen molar-refractivity contribution in [1.29, 1.82) is 5.26 Å². The summed E-state index contributed by atoms with van der Waals surface area (Å²) in [4.78, 5) is 18.7. The van der Waals surface area contributed by atoms with E-state index in [4.69, 9.17) is 16.9 Å². The van der Waals surface area contributed by atoms with E-state index in [-0.39, 0.29) is 11.2 Å². The second-order valence-electron chi connectivity index (χ2n) is 3.79. The molecule has 0 aromatic carbocycles. The Morgan fingerprint density at radius 2 is 2.40 bits per heavy atom. The molecule has 0 atom stereocenters. The van der Waals surface area contributed by atoms with E-state index < -0.39 is 5.69 Å². The van der Waals surface area contributed by atoms with Crippen molar-refractivity contribution in [2.75, 3.05) is 0 Å². The molecule has 3 aromatic heterocycles. The van der Waals surface area contributed by atoms with Gasteiger partial charge in [0.05, 0.1) is 11.2 Å². The van der Waals surface area contributed by atoms with Gasteiger partial charge in [-0.25, -0.2) is 9.78 Å². The van der Waals surface area contributed by atoms with Crippen LogP contribution >= 0.6 is 34.7 Å². The molecule has 6 nitrogen and oxygen atoms in total. The average Bonchev–Trinajstić information content (AvgIpc) is 3.02. The predicted molar refractivity (Wildman–Crippen MR) is 77.2 cm³/mol. The number of rotatable bonds is 3. The highest BCUT2D eigenvalue weighted by Gasteiger charge is 2.11. The number of aromatic amines is 1. The maximum Gasteiger partial charge on any atom is 0.350 e. The van der Waals surface area contributed by atoms with E-state index in [0.29, 0.717) is 15.9 Å². The third kappa shape index (κ3) is 2.31. The molecule has 0 aliphatic carbocycles. The molecule has 100 valence electrons. The molecule has 0 aliphatic rings. The lowest BCUT2D eigenvalue weighted by Crippen LogP contribution is -2.19. The molecule has 0 bridgehead atoms. The van der Waals surface area contributed by atoms with Crippen molar-refractivity contribution in [3.8, 4) is 6.07 Å². The van der Waals surface area contributed by atoms with Gasteiger partial charge in [-0.05, 0) is 10.9 Å². The number of halogens is 1. The number of nitrogens with one attached hydrogen (secondary N) is 1. The van der Waals surface area contributed by atoms with Gasteiger partial charge in [0.1, 0.15) is 11.6 Å². The van der Waals surface area contributed by atoms with Crippen molar-refractivity contribution in [2.24, 2.45) is 0 Å². The topological polar surface area (TPSA) is 86.8 Å². The van der Waals surface area contributed by atoms with E-state index in [1.165, 1.54) is 29.3 Å². The molecular formula is C11H6ClN5OS2. The van der Waals surface area contributed by atoms with E-state index in [0.717, 1.165) is 10.1 Å². The number of thiophene rings is 1. The third-order valence-corrected chi connectivity index (χ3v) is 4.73. The molecule has 0 saturated heterocycles. The largest absolute Gasteiger partial charge is 0.350 e. The van der Waals surface area contributed by atoms with Gasteiger partial charge in [-0.1, -0.05) is 23.4 Å². The first-order chi connectivity index (χ1) is 9.69. The number of aromatic nitrogens is 4. The normalized spacial score (nSPS) is 10.8. The number of nitrogens with zero attached hydrogens (tertiary/aromatic N) is 4. The predicted octanol–water partition coefficient (Wildman–Crippen LogP) is 2.30. The molecule has 0 amide bonds. The molecule has 20 heavy (non-hydrogen) atoms. The van der Waals surface area contributed by atoms with Crippen LogP contribution in [0.5, 0.6) is 0 Å². The highest BCUT2D eigenvalue weighted by Crippen LogP contribution is 2.27. The summed E-state index contributed by atoms with van der Waals surface area (Å²) >= 11 is 8.88. The van der Waals surface area contributed by atoms with Gasteiger partial charge in [0.15, 0.2) is 10.8 Å². The van der Waals surface area contributed by atoms with Crippen molar-refractivity contribution in [1.82, 2.24) is 19.6 Å². The summed E-state index contributed by atoms with van der Waals surface area (Å²) in [5.74, 6) is 0.595. The summed E-state index contributed by atoms with van der Waals surface area (Å²) in [6, 6.07) is 1.96. The zero-order valence-electron chi connectivity index (χ0n) is 9.83. The monoisotopic (exact) mass is 323 g/mol. The van der Waals surface area contributed by atoms with Crippen LogP contribution in [0.4, 0.5) is 0 Å². The number of thioether (sulfide) groups is 1. The fourth-order valence-electron chi connectivity index (χ4n) is 1.57. The Kier molecular flexibility index (Phi) is 3.48. The Labute approximate surface area is 126 Å². The van der Waals surface area contributed by atoms with Gasteiger partial charge in [-0.3, -0.25) is 4.98 Å². The smallest absolute Gasteiger partial charge is 0.285 e. The van der Waals surface area contributed by atoms with Gasteiger partial charge in [0.2, 0.25) is 0 Å². The SMILES string of the molecule is N#Cc1cnn2c(=O)[nH]c(SCc3cscc3Cl)nc12. The molecule has 0 radical (unpaired) electrons. The zero-order valence-corrected chi connectivity index (χ0v) is 12.2. The van der Waals surface area contributed by atoms with E-state index >= 15 is 0 Å². The summed E-state index contributed by atoms with van der Waals surface area (Å²) in [5.41, 5.74) is 1.09. The van der Waals surface area contributed by atoms with Crippen molar-refractivity contribution in [2.45, 2.75) is 10.9 Å². The van der Waals surface area contributed by atoms with Crippen LogP contribution < -0.4 is 5.69 Å². The number of fused-ring (bicyclic) bond motifs is 1. The van der Waals surface area contributed by atoms with Crippen LogP contribution in [0, 0.1) is 11.3 Å². The Balaban J connectivity index is 1.94. The maximum atomic E-state index is 11.8. The highest BCUT2D eigenvalue weighted by atomic mass is 35.5. The Morgan fingerprint density at radius 1 is 1.55 bits per heavy atom. The van der Waals surface area contributed by atoms with Crippen molar-refractivity contribution < 1.29 is 0 Å². The minimum atomic E-state index is -0.421. The lowest BCUT2D eigenvalue weighted by molar-refractivity contribution is 0.786. The van der Waals surface area contributed by atoms with Crippen LogP contribution in [0.15, 0.2) is 26.9 Å². The fraction of sp³-hybridized carbons (Fsp3) is 0.0909. The second kappa shape index (κ2) is 5.28. The number of H-pyrrole nitrogens is 1. The molecule has 3 rings (SSSR count). The standard InChI is InChI=1S/C11H6ClN5OS2/c12-8-5-19-3-7(8)4-20-10-15-9-6(1-13)2-14-17(9)11(18)16-10/h2-3,5H,4H2,(H,15,16,18). The lowest BCUT2D eigenvalue weighted by Gasteiger charge is -2.00. The molecule has 0 saturated carbocycles. The first-order valence-corrected chi connectivity index (χ1v) is 7.71. The number of nitriles is 1. The van der Waals surface area contributed by atoms with E-state index in [9.17, 15) is 4.79 Å². The maximum absolute atomic E-state index is 11.8. The van der Waals surface area contributed by atoms with Gasteiger partial charge in [0, 0.05) is 11.1 Å². The van der Waals surface area contributed by atoms with E-state index in [1.54, 1.807) is 0 Å². The molecule has 1 N–H and O–H groups in total. The number of hydrogen-bond acceptors (Lipinski definition) is 6. The minimum absolute atomic E-state index is 0.259. The van der Waals surface area contributed by atoms with Crippen LogP contribution in [0.3, 0.4) is 0 Å². The van der Waals surface area contributed by atoms with E-state index in [2.05, 4.69) is 15.1 Å². The molecule has 0 unspecified atom stereocenters. The number of hydrogen-bond donors (Lipinski definition) is 1. The molecule has 9 heteroatoms. The van der Waals surface area contributed by atoms with Gasteiger partial charge in [-0.2, -0.15) is 26.2 Å². The van der Waals surface area contributed by atoms with Crippen molar-refractivity contribution in [3.05, 3.63) is 43.6 Å². The Morgan fingerprint density at radius 3 is 3.10 bits per heavy atom. The van der Waals surface area contributed by atoms with Crippen LogP contribution in [-0.4, -0.2) is 19.6 Å². The van der Waals surface area contributed by atoms with Crippen molar-refractivity contribution >= 4 is 40.3 Å². The molecular weight excluding hydrogens is 318 g/mol. The minimum Gasteiger partial charge on any atom is -0.285 e. The van der Waals surface area contributed by atoms with Gasteiger partial charge in [0.25, 0.3) is 0 Å². The zero-order chi connectivity index (χ0) is 14.1. The molecule has 0 fully saturated rings. The quantitative estimate of drug-likeness (QED) is 0.747. The molecule has 3 aromatic rings. The summed E-state index contributed by atoms with van der Waals surface area (Å²) in [7, 11) is 0.